The van der Waals surface area contributed by atoms with E-state index in [1.807, 2.05) is 0 Å². The number of aryl methyl sites for hydroxylation is 1. The number of carbonyl (C=O) groups is 1. The van der Waals surface area contributed by atoms with Crippen molar-refractivity contribution >= 4 is 23.2 Å². The summed E-state index contributed by atoms with van der Waals surface area (Å²) in [5, 5.41) is 9.20. The lowest BCUT2D eigenvalue weighted by molar-refractivity contribution is -0.117. The van der Waals surface area contributed by atoms with Crippen LogP contribution in [-0.4, -0.2) is 34.1 Å². The Morgan fingerprint density at radius 3 is 3.00 bits per heavy atom. The van der Waals surface area contributed by atoms with Crippen LogP contribution in [0.25, 0.3) is 0 Å². The molecule has 0 radical (unpaired) electrons. The SMILES string of the molecule is Cc1nc(Cl)ncc1N1CC(CO)CC1=O. The second-order valence-corrected chi connectivity index (χ2v) is 4.20. The normalized spacial score (nSPS) is 20.6. The van der Waals surface area contributed by atoms with Gasteiger partial charge in [-0.05, 0) is 18.5 Å². The molecule has 1 saturated heterocycles. The molecule has 1 unspecified atom stereocenters. The molecular weight excluding hydrogens is 230 g/mol. The highest BCUT2D eigenvalue weighted by Gasteiger charge is 2.31. The molecule has 1 fully saturated rings. The summed E-state index contributed by atoms with van der Waals surface area (Å²) in [5.74, 6) is -0.00403. The second kappa shape index (κ2) is 4.35. The van der Waals surface area contributed by atoms with E-state index in [-0.39, 0.29) is 23.7 Å². The number of hydrogen-bond donors (Lipinski definition) is 1. The molecule has 0 aromatic carbocycles. The quantitative estimate of drug-likeness (QED) is 0.778. The third-order valence-electron chi connectivity index (χ3n) is 2.68. The van der Waals surface area contributed by atoms with Gasteiger partial charge in [0.2, 0.25) is 11.2 Å². The number of anilines is 1. The van der Waals surface area contributed by atoms with Crippen molar-refractivity contribution in [1.29, 1.82) is 0 Å². The third kappa shape index (κ3) is 2.01. The highest BCUT2D eigenvalue weighted by Crippen LogP contribution is 2.26. The zero-order valence-electron chi connectivity index (χ0n) is 8.85. The van der Waals surface area contributed by atoms with Gasteiger partial charge >= 0.3 is 0 Å². The molecule has 1 amide bonds. The maximum Gasteiger partial charge on any atom is 0.227 e. The van der Waals surface area contributed by atoms with Gasteiger partial charge in [0.25, 0.3) is 0 Å². The van der Waals surface area contributed by atoms with Crippen molar-refractivity contribution in [1.82, 2.24) is 9.97 Å². The number of aliphatic hydroxyl groups is 1. The van der Waals surface area contributed by atoms with Crippen LogP contribution in [0.1, 0.15) is 12.1 Å². The molecule has 86 valence electrons. The van der Waals surface area contributed by atoms with Gasteiger partial charge in [-0.2, -0.15) is 0 Å². The number of aliphatic hydroxyl groups excluding tert-OH is 1. The molecular formula is C10H12ClN3O2. The minimum atomic E-state index is -0.00641. The van der Waals surface area contributed by atoms with Crippen LogP contribution in [0.15, 0.2) is 6.20 Å². The van der Waals surface area contributed by atoms with E-state index in [1.165, 1.54) is 0 Å². The molecule has 1 atom stereocenters. The number of hydrogen-bond acceptors (Lipinski definition) is 4. The first-order valence-electron chi connectivity index (χ1n) is 5.02. The molecule has 1 aromatic rings. The molecule has 1 aliphatic heterocycles. The zero-order chi connectivity index (χ0) is 11.7. The van der Waals surface area contributed by atoms with E-state index in [1.54, 1.807) is 18.0 Å². The summed E-state index contributed by atoms with van der Waals surface area (Å²) in [7, 11) is 0. The van der Waals surface area contributed by atoms with Crippen LogP contribution in [0.5, 0.6) is 0 Å². The van der Waals surface area contributed by atoms with E-state index in [2.05, 4.69) is 9.97 Å². The summed E-state index contributed by atoms with van der Waals surface area (Å²) in [6, 6.07) is 0. The number of nitrogens with zero attached hydrogens (tertiary/aromatic N) is 3. The molecule has 0 aliphatic carbocycles. The zero-order valence-corrected chi connectivity index (χ0v) is 9.61. The predicted octanol–water partition coefficient (Wildman–Crippen LogP) is 0.784. The Labute approximate surface area is 98.1 Å². The van der Waals surface area contributed by atoms with E-state index in [0.717, 1.165) is 0 Å². The van der Waals surface area contributed by atoms with E-state index >= 15 is 0 Å². The number of aromatic nitrogens is 2. The minimum Gasteiger partial charge on any atom is -0.396 e. The molecule has 1 N–H and O–H groups in total. The smallest absolute Gasteiger partial charge is 0.227 e. The fraction of sp³-hybridized carbons (Fsp3) is 0.500. The van der Waals surface area contributed by atoms with Crippen molar-refractivity contribution in [3.05, 3.63) is 17.2 Å². The largest absolute Gasteiger partial charge is 0.396 e. The molecule has 0 spiro atoms. The Hall–Kier alpha value is -1.20. The van der Waals surface area contributed by atoms with E-state index in [0.29, 0.717) is 24.3 Å². The topological polar surface area (TPSA) is 66.3 Å². The number of amides is 1. The molecule has 0 bridgehead atoms. The van der Waals surface area contributed by atoms with Gasteiger partial charge in [-0.3, -0.25) is 4.79 Å². The Bertz CT molecular complexity index is 425. The highest BCUT2D eigenvalue weighted by atomic mass is 35.5. The Morgan fingerprint density at radius 1 is 1.69 bits per heavy atom. The summed E-state index contributed by atoms with van der Waals surface area (Å²) >= 11 is 5.65. The maximum atomic E-state index is 11.7. The van der Waals surface area contributed by atoms with Gasteiger partial charge in [-0.1, -0.05) is 0 Å². The van der Waals surface area contributed by atoms with Gasteiger partial charge < -0.3 is 10.0 Å². The van der Waals surface area contributed by atoms with Gasteiger partial charge in [0, 0.05) is 25.5 Å². The van der Waals surface area contributed by atoms with Gasteiger partial charge in [-0.25, -0.2) is 9.97 Å². The average Bonchev–Trinajstić information content (AvgIpc) is 2.60. The van der Waals surface area contributed by atoms with Gasteiger partial charge in [0.1, 0.15) is 0 Å². The van der Waals surface area contributed by atoms with Crippen molar-refractivity contribution in [3.63, 3.8) is 0 Å². The standard InChI is InChI=1S/C10H12ClN3O2/c1-6-8(3-12-10(11)13-6)14-4-7(5-15)2-9(14)16/h3,7,15H,2,4-5H2,1H3. The van der Waals surface area contributed by atoms with Crippen molar-refractivity contribution in [2.75, 3.05) is 18.1 Å². The van der Waals surface area contributed by atoms with Crippen molar-refractivity contribution < 1.29 is 9.90 Å². The monoisotopic (exact) mass is 241 g/mol. The first-order chi connectivity index (χ1) is 7.61. The average molecular weight is 242 g/mol. The maximum absolute atomic E-state index is 11.7. The van der Waals surface area contributed by atoms with Crippen molar-refractivity contribution in [2.45, 2.75) is 13.3 Å². The first kappa shape index (κ1) is 11.3. The Balaban J connectivity index is 2.28. The third-order valence-corrected chi connectivity index (χ3v) is 2.86. The highest BCUT2D eigenvalue weighted by molar-refractivity contribution is 6.28. The molecule has 16 heavy (non-hydrogen) atoms. The van der Waals surface area contributed by atoms with E-state index < -0.39 is 0 Å². The van der Waals surface area contributed by atoms with Crippen molar-refractivity contribution in [3.8, 4) is 0 Å². The molecule has 6 heteroatoms. The second-order valence-electron chi connectivity index (χ2n) is 3.87. The summed E-state index contributed by atoms with van der Waals surface area (Å²) < 4.78 is 0. The van der Waals surface area contributed by atoms with E-state index in [4.69, 9.17) is 16.7 Å². The predicted molar refractivity (Wildman–Crippen MR) is 59.3 cm³/mol. The lowest BCUT2D eigenvalue weighted by atomic mass is 10.1. The van der Waals surface area contributed by atoms with Gasteiger partial charge in [-0.15, -0.1) is 0 Å². The number of carbonyl (C=O) groups excluding carboxylic acids is 1. The van der Waals surface area contributed by atoms with Crippen LogP contribution >= 0.6 is 11.6 Å². The van der Waals surface area contributed by atoms with Crippen LogP contribution in [-0.2, 0) is 4.79 Å². The van der Waals surface area contributed by atoms with Crippen molar-refractivity contribution in [2.24, 2.45) is 5.92 Å². The number of halogens is 1. The van der Waals surface area contributed by atoms with Crippen LogP contribution in [0, 0.1) is 12.8 Å². The summed E-state index contributed by atoms with van der Waals surface area (Å²) in [5.41, 5.74) is 1.34. The summed E-state index contributed by atoms with van der Waals surface area (Å²) in [4.78, 5) is 21.2. The Kier molecular flexibility index (Phi) is 3.07. The van der Waals surface area contributed by atoms with Crippen LogP contribution in [0.2, 0.25) is 5.28 Å². The molecule has 2 heterocycles. The Morgan fingerprint density at radius 2 is 2.44 bits per heavy atom. The lowest BCUT2D eigenvalue weighted by Gasteiger charge is -2.17. The molecule has 1 aliphatic rings. The number of rotatable bonds is 2. The summed E-state index contributed by atoms with van der Waals surface area (Å²) in [6.45, 7) is 2.32. The lowest BCUT2D eigenvalue weighted by Crippen LogP contribution is -2.26. The molecule has 0 saturated carbocycles. The molecule has 2 rings (SSSR count). The van der Waals surface area contributed by atoms with Crippen LogP contribution in [0.3, 0.4) is 0 Å². The molecule has 5 nitrogen and oxygen atoms in total. The van der Waals surface area contributed by atoms with Crippen LogP contribution < -0.4 is 4.90 Å². The first-order valence-corrected chi connectivity index (χ1v) is 5.40. The van der Waals surface area contributed by atoms with Crippen LogP contribution in [0.4, 0.5) is 5.69 Å². The molecule has 1 aromatic heterocycles. The summed E-state index contributed by atoms with van der Waals surface area (Å²) in [6.07, 6.45) is 1.92. The fourth-order valence-corrected chi connectivity index (χ4v) is 2.01. The van der Waals surface area contributed by atoms with Gasteiger partial charge in [0.15, 0.2) is 0 Å². The fourth-order valence-electron chi connectivity index (χ4n) is 1.83. The van der Waals surface area contributed by atoms with Gasteiger partial charge in [0.05, 0.1) is 17.6 Å². The van der Waals surface area contributed by atoms with E-state index in [9.17, 15) is 4.79 Å². The minimum absolute atomic E-state index is 0.00239.